The van der Waals surface area contributed by atoms with Gasteiger partial charge in [-0.2, -0.15) is 0 Å². The van der Waals surface area contributed by atoms with E-state index in [2.05, 4.69) is 15.6 Å². The third-order valence-corrected chi connectivity index (χ3v) is 5.01. The Hall–Kier alpha value is -3.15. The Morgan fingerprint density at radius 1 is 0.966 bits per heavy atom. The molecule has 0 aliphatic carbocycles. The van der Waals surface area contributed by atoms with Crippen molar-refractivity contribution < 1.29 is 4.79 Å². The Balaban J connectivity index is 1.57. The van der Waals surface area contributed by atoms with E-state index in [-0.39, 0.29) is 5.91 Å². The van der Waals surface area contributed by atoms with Crippen molar-refractivity contribution in [3.63, 3.8) is 0 Å². The first-order chi connectivity index (χ1) is 14.0. The van der Waals surface area contributed by atoms with Gasteiger partial charge >= 0.3 is 0 Å². The molecule has 0 bridgehead atoms. The molecule has 0 spiro atoms. The largest absolute Gasteiger partial charge is 0.321 e. The smallest absolute Gasteiger partial charge is 0.255 e. The normalized spacial score (nSPS) is 10.7. The number of nitrogens with zero attached hydrogens (tertiary/aromatic N) is 3. The molecule has 1 heterocycles. The van der Waals surface area contributed by atoms with Gasteiger partial charge in [-0.1, -0.05) is 58.2 Å². The lowest BCUT2D eigenvalue weighted by molar-refractivity contribution is 0.102. The number of hydrogen-bond donors (Lipinski definition) is 1. The fraction of sp³-hybridized carbons (Fsp3) is 0.0455. The van der Waals surface area contributed by atoms with E-state index in [4.69, 9.17) is 23.2 Å². The highest BCUT2D eigenvalue weighted by Crippen LogP contribution is 2.26. The first-order valence-corrected chi connectivity index (χ1v) is 9.61. The van der Waals surface area contributed by atoms with E-state index in [1.807, 2.05) is 43.3 Å². The summed E-state index contributed by atoms with van der Waals surface area (Å²) in [5.74, 6) is -0.280. The van der Waals surface area contributed by atoms with Crippen LogP contribution in [0.1, 0.15) is 15.9 Å². The lowest BCUT2D eigenvalue weighted by Gasteiger charge is -2.10. The molecule has 4 aromatic rings. The minimum Gasteiger partial charge on any atom is -0.321 e. The Morgan fingerprint density at radius 3 is 2.41 bits per heavy atom. The second-order valence-electron chi connectivity index (χ2n) is 6.52. The van der Waals surface area contributed by atoms with E-state index < -0.39 is 0 Å². The number of amides is 1. The molecule has 0 radical (unpaired) electrons. The zero-order chi connectivity index (χ0) is 20.4. The summed E-state index contributed by atoms with van der Waals surface area (Å²) in [6.07, 6.45) is 1.71. The van der Waals surface area contributed by atoms with Crippen LogP contribution in [-0.2, 0) is 0 Å². The van der Waals surface area contributed by atoms with Crippen molar-refractivity contribution in [1.29, 1.82) is 0 Å². The summed E-state index contributed by atoms with van der Waals surface area (Å²) in [6, 6.07) is 20.1. The lowest BCUT2D eigenvalue weighted by Crippen LogP contribution is -2.12. The van der Waals surface area contributed by atoms with Crippen molar-refractivity contribution >= 4 is 34.8 Å². The molecule has 1 amide bonds. The monoisotopic (exact) mass is 422 g/mol. The lowest BCUT2D eigenvalue weighted by atomic mass is 10.1. The average Bonchev–Trinajstić information content (AvgIpc) is 3.21. The van der Waals surface area contributed by atoms with Crippen LogP contribution in [0.4, 0.5) is 5.69 Å². The summed E-state index contributed by atoms with van der Waals surface area (Å²) < 4.78 is 1.74. The molecular weight excluding hydrogens is 407 g/mol. The van der Waals surface area contributed by atoms with Gasteiger partial charge in [0.2, 0.25) is 0 Å². The molecule has 29 heavy (non-hydrogen) atoms. The number of carbonyl (C=O) groups excluding carboxylic acids is 1. The molecule has 1 aromatic heterocycles. The maximum Gasteiger partial charge on any atom is 0.255 e. The minimum absolute atomic E-state index is 0.280. The maximum absolute atomic E-state index is 12.5. The van der Waals surface area contributed by atoms with Crippen LogP contribution in [0.3, 0.4) is 0 Å². The van der Waals surface area contributed by atoms with E-state index in [1.54, 1.807) is 41.2 Å². The molecule has 0 atom stereocenters. The number of anilines is 1. The maximum atomic E-state index is 12.5. The van der Waals surface area contributed by atoms with Gasteiger partial charge in [0.25, 0.3) is 5.91 Å². The van der Waals surface area contributed by atoms with Gasteiger partial charge in [0.1, 0.15) is 0 Å². The second kappa shape index (κ2) is 8.07. The van der Waals surface area contributed by atoms with E-state index in [0.717, 1.165) is 16.9 Å². The summed E-state index contributed by atoms with van der Waals surface area (Å²) in [4.78, 5) is 12.5. The van der Waals surface area contributed by atoms with Gasteiger partial charge in [-0.05, 0) is 49.4 Å². The van der Waals surface area contributed by atoms with Crippen LogP contribution >= 0.6 is 23.2 Å². The van der Waals surface area contributed by atoms with E-state index >= 15 is 0 Å². The number of carbonyl (C=O) groups is 1. The van der Waals surface area contributed by atoms with Gasteiger partial charge in [-0.3, -0.25) is 4.79 Å². The average molecular weight is 423 g/mol. The quantitative estimate of drug-likeness (QED) is 0.451. The van der Waals surface area contributed by atoms with E-state index in [9.17, 15) is 4.79 Å². The second-order valence-corrected chi connectivity index (χ2v) is 7.37. The van der Waals surface area contributed by atoms with Crippen molar-refractivity contribution in [2.24, 2.45) is 0 Å². The number of aryl methyl sites for hydroxylation is 1. The minimum atomic E-state index is -0.280. The molecule has 0 saturated carbocycles. The van der Waals surface area contributed by atoms with Crippen LogP contribution in [-0.4, -0.2) is 20.9 Å². The van der Waals surface area contributed by atoms with Crippen molar-refractivity contribution in [2.75, 3.05) is 5.32 Å². The van der Waals surface area contributed by atoms with Crippen molar-refractivity contribution in [1.82, 2.24) is 15.0 Å². The molecular formula is C22H16Cl2N4O. The van der Waals surface area contributed by atoms with Gasteiger partial charge in [-0.15, -0.1) is 5.10 Å². The highest BCUT2D eigenvalue weighted by Gasteiger charge is 2.12. The first kappa shape index (κ1) is 19.2. The SMILES string of the molecule is Cc1ccc(-c2cnnn2-c2ccc(C(=O)Nc3cc(Cl)ccc3Cl)cc2)cc1. The van der Waals surface area contributed by atoms with Gasteiger partial charge < -0.3 is 5.32 Å². The number of nitrogens with one attached hydrogen (secondary N) is 1. The number of aromatic nitrogens is 3. The molecule has 144 valence electrons. The first-order valence-electron chi connectivity index (χ1n) is 8.86. The summed E-state index contributed by atoms with van der Waals surface area (Å²) in [5.41, 5.74) is 4.82. The predicted octanol–water partition coefficient (Wildman–Crippen LogP) is 5.80. The highest BCUT2D eigenvalue weighted by molar-refractivity contribution is 6.35. The molecule has 0 unspecified atom stereocenters. The van der Waals surface area contributed by atoms with Crippen molar-refractivity contribution in [3.8, 4) is 16.9 Å². The molecule has 0 aliphatic rings. The molecule has 0 fully saturated rings. The number of halogens is 2. The molecule has 0 saturated heterocycles. The third-order valence-electron chi connectivity index (χ3n) is 4.45. The third kappa shape index (κ3) is 4.16. The van der Waals surface area contributed by atoms with E-state index in [1.165, 1.54) is 5.56 Å². The Bertz CT molecular complexity index is 1170. The standard InChI is InChI=1S/C22H16Cl2N4O/c1-14-2-4-15(5-3-14)21-13-25-27-28(21)18-9-6-16(7-10-18)22(29)26-20-12-17(23)8-11-19(20)24/h2-13H,1H3,(H,26,29). The van der Waals surface area contributed by atoms with Gasteiger partial charge in [-0.25, -0.2) is 4.68 Å². The fourth-order valence-corrected chi connectivity index (χ4v) is 3.23. The molecule has 7 heteroatoms. The topological polar surface area (TPSA) is 59.8 Å². The molecule has 3 aromatic carbocycles. The van der Waals surface area contributed by atoms with Crippen molar-refractivity contribution in [3.05, 3.63) is 94.1 Å². The number of rotatable bonds is 4. The summed E-state index contributed by atoms with van der Waals surface area (Å²) in [7, 11) is 0. The predicted molar refractivity (Wildman–Crippen MR) is 116 cm³/mol. The molecule has 5 nitrogen and oxygen atoms in total. The summed E-state index contributed by atoms with van der Waals surface area (Å²) in [6.45, 7) is 2.04. The number of benzene rings is 3. The van der Waals surface area contributed by atoms with Crippen LogP contribution in [0.15, 0.2) is 72.9 Å². The fourth-order valence-electron chi connectivity index (χ4n) is 2.89. The zero-order valence-electron chi connectivity index (χ0n) is 15.4. The van der Waals surface area contributed by atoms with Gasteiger partial charge in [0.05, 0.1) is 28.3 Å². The summed E-state index contributed by atoms with van der Waals surface area (Å²) >= 11 is 12.1. The van der Waals surface area contributed by atoms with Crippen LogP contribution in [0.25, 0.3) is 16.9 Å². The highest BCUT2D eigenvalue weighted by atomic mass is 35.5. The Kier molecular flexibility index (Phi) is 5.34. The van der Waals surface area contributed by atoms with Crippen LogP contribution in [0, 0.1) is 6.92 Å². The van der Waals surface area contributed by atoms with Crippen LogP contribution in [0.2, 0.25) is 10.0 Å². The van der Waals surface area contributed by atoms with Crippen molar-refractivity contribution in [2.45, 2.75) is 6.92 Å². The number of hydrogen-bond acceptors (Lipinski definition) is 3. The Labute approximate surface area is 177 Å². The van der Waals surface area contributed by atoms with Crippen LogP contribution in [0.5, 0.6) is 0 Å². The zero-order valence-corrected chi connectivity index (χ0v) is 16.9. The molecule has 0 aliphatic heterocycles. The van der Waals surface area contributed by atoms with Gasteiger partial charge in [0, 0.05) is 16.1 Å². The molecule has 1 N–H and O–H groups in total. The van der Waals surface area contributed by atoms with Gasteiger partial charge in [0.15, 0.2) is 0 Å². The summed E-state index contributed by atoms with van der Waals surface area (Å²) in [5, 5.41) is 11.9. The van der Waals surface area contributed by atoms with Crippen LogP contribution < -0.4 is 5.32 Å². The Morgan fingerprint density at radius 2 is 1.69 bits per heavy atom. The van der Waals surface area contributed by atoms with E-state index in [0.29, 0.717) is 21.3 Å². The molecule has 4 rings (SSSR count).